The van der Waals surface area contributed by atoms with Gasteiger partial charge in [-0.1, -0.05) is 42.1 Å². The Labute approximate surface area is 98.9 Å². The SMILES string of the molecule is Cn1cnnc1SC(CN)c1ccccc1. The van der Waals surface area contributed by atoms with Crippen molar-refractivity contribution in [2.45, 2.75) is 10.4 Å². The molecule has 2 aromatic rings. The average molecular weight is 234 g/mol. The molecule has 1 atom stereocenters. The summed E-state index contributed by atoms with van der Waals surface area (Å²) < 4.78 is 1.90. The molecule has 1 unspecified atom stereocenters. The van der Waals surface area contributed by atoms with Crippen LogP contribution in [0.25, 0.3) is 0 Å². The summed E-state index contributed by atoms with van der Waals surface area (Å²) in [6.45, 7) is 0.585. The van der Waals surface area contributed by atoms with E-state index in [9.17, 15) is 0 Å². The van der Waals surface area contributed by atoms with Gasteiger partial charge < -0.3 is 10.3 Å². The van der Waals surface area contributed by atoms with Crippen molar-refractivity contribution in [3.05, 3.63) is 42.2 Å². The van der Waals surface area contributed by atoms with Crippen molar-refractivity contribution < 1.29 is 0 Å². The largest absolute Gasteiger partial charge is 0.329 e. The van der Waals surface area contributed by atoms with Crippen LogP contribution in [0.15, 0.2) is 41.8 Å². The van der Waals surface area contributed by atoms with Crippen LogP contribution in [-0.4, -0.2) is 21.3 Å². The van der Waals surface area contributed by atoms with Crippen LogP contribution in [0.5, 0.6) is 0 Å². The molecule has 16 heavy (non-hydrogen) atoms. The topological polar surface area (TPSA) is 56.7 Å². The van der Waals surface area contributed by atoms with Crippen molar-refractivity contribution in [2.75, 3.05) is 6.54 Å². The van der Waals surface area contributed by atoms with Crippen molar-refractivity contribution in [3.63, 3.8) is 0 Å². The Hall–Kier alpha value is -1.33. The lowest BCUT2D eigenvalue weighted by Gasteiger charge is -2.13. The number of thioether (sulfide) groups is 1. The first-order valence-electron chi connectivity index (χ1n) is 5.07. The van der Waals surface area contributed by atoms with Gasteiger partial charge in [0, 0.05) is 18.8 Å². The minimum absolute atomic E-state index is 0.226. The van der Waals surface area contributed by atoms with Crippen molar-refractivity contribution >= 4 is 11.8 Å². The fraction of sp³-hybridized carbons (Fsp3) is 0.273. The van der Waals surface area contributed by atoms with Gasteiger partial charge in [0.15, 0.2) is 5.16 Å². The minimum atomic E-state index is 0.226. The van der Waals surface area contributed by atoms with Gasteiger partial charge in [0.25, 0.3) is 0 Å². The van der Waals surface area contributed by atoms with Crippen LogP contribution in [-0.2, 0) is 7.05 Å². The highest BCUT2D eigenvalue weighted by Gasteiger charge is 2.13. The monoisotopic (exact) mass is 234 g/mol. The lowest BCUT2D eigenvalue weighted by molar-refractivity contribution is 0.781. The maximum atomic E-state index is 5.79. The molecular formula is C11H14N4S. The zero-order valence-corrected chi connectivity index (χ0v) is 9.89. The average Bonchev–Trinajstić information content (AvgIpc) is 2.73. The third kappa shape index (κ3) is 2.43. The van der Waals surface area contributed by atoms with Gasteiger partial charge in [0.1, 0.15) is 6.33 Å². The number of nitrogens with zero attached hydrogens (tertiary/aromatic N) is 3. The van der Waals surface area contributed by atoms with Gasteiger partial charge >= 0.3 is 0 Å². The molecular weight excluding hydrogens is 220 g/mol. The molecule has 4 nitrogen and oxygen atoms in total. The van der Waals surface area contributed by atoms with Crippen LogP contribution in [0.2, 0.25) is 0 Å². The second-order valence-corrected chi connectivity index (χ2v) is 4.65. The zero-order chi connectivity index (χ0) is 11.4. The van der Waals surface area contributed by atoms with Crippen LogP contribution in [0, 0.1) is 0 Å². The van der Waals surface area contributed by atoms with Crippen LogP contribution >= 0.6 is 11.8 Å². The van der Waals surface area contributed by atoms with Crippen molar-refractivity contribution in [3.8, 4) is 0 Å². The summed E-state index contributed by atoms with van der Waals surface area (Å²) in [6.07, 6.45) is 1.70. The molecule has 0 aliphatic carbocycles. The molecule has 1 aromatic heterocycles. The lowest BCUT2D eigenvalue weighted by atomic mass is 10.1. The molecule has 1 aromatic carbocycles. The molecule has 0 saturated heterocycles. The summed E-state index contributed by atoms with van der Waals surface area (Å²) in [5.74, 6) is 0. The Morgan fingerprint density at radius 3 is 2.69 bits per heavy atom. The van der Waals surface area contributed by atoms with Crippen molar-refractivity contribution in [1.82, 2.24) is 14.8 Å². The van der Waals surface area contributed by atoms with E-state index in [1.165, 1.54) is 5.56 Å². The molecule has 2 rings (SSSR count). The quantitative estimate of drug-likeness (QED) is 0.816. The maximum Gasteiger partial charge on any atom is 0.191 e. The Morgan fingerprint density at radius 2 is 2.12 bits per heavy atom. The second-order valence-electron chi connectivity index (χ2n) is 3.48. The van der Waals surface area contributed by atoms with E-state index in [4.69, 9.17) is 5.73 Å². The van der Waals surface area contributed by atoms with E-state index < -0.39 is 0 Å². The Bertz CT molecular complexity index is 440. The Morgan fingerprint density at radius 1 is 1.38 bits per heavy atom. The summed E-state index contributed by atoms with van der Waals surface area (Å²) in [5.41, 5.74) is 7.01. The number of aryl methyl sites for hydroxylation is 1. The Kier molecular flexibility index (Phi) is 3.58. The first kappa shape index (κ1) is 11.2. The molecule has 2 N–H and O–H groups in total. The number of benzene rings is 1. The lowest BCUT2D eigenvalue weighted by Crippen LogP contribution is -2.10. The van der Waals surface area contributed by atoms with E-state index in [1.807, 2.05) is 29.8 Å². The first-order valence-corrected chi connectivity index (χ1v) is 5.95. The molecule has 0 spiro atoms. The first-order chi connectivity index (χ1) is 7.81. The highest BCUT2D eigenvalue weighted by molar-refractivity contribution is 7.99. The molecule has 0 aliphatic rings. The molecule has 84 valence electrons. The summed E-state index contributed by atoms with van der Waals surface area (Å²) in [6, 6.07) is 10.2. The maximum absolute atomic E-state index is 5.79. The van der Waals surface area contributed by atoms with E-state index in [0.29, 0.717) is 6.54 Å². The van der Waals surface area contributed by atoms with Gasteiger partial charge in [-0.15, -0.1) is 10.2 Å². The number of hydrogen-bond donors (Lipinski definition) is 1. The zero-order valence-electron chi connectivity index (χ0n) is 9.08. The second kappa shape index (κ2) is 5.14. The summed E-state index contributed by atoms with van der Waals surface area (Å²) in [4.78, 5) is 0. The fourth-order valence-electron chi connectivity index (χ4n) is 1.43. The van der Waals surface area contributed by atoms with E-state index in [0.717, 1.165) is 5.16 Å². The van der Waals surface area contributed by atoms with Crippen LogP contribution in [0.3, 0.4) is 0 Å². The third-order valence-corrected chi connectivity index (χ3v) is 3.63. The molecule has 5 heteroatoms. The molecule has 1 heterocycles. The molecule has 0 radical (unpaired) electrons. The van der Waals surface area contributed by atoms with Gasteiger partial charge in [-0.25, -0.2) is 0 Å². The minimum Gasteiger partial charge on any atom is -0.329 e. The van der Waals surface area contributed by atoms with Crippen LogP contribution in [0.1, 0.15) is 10.8 Å². The third-order valence-electron chi connectivity index (χ3n) is 2.30. The van der Waals surface area contributed by atoms with Gasteiger partial charge in [-0.2, -0.15) is 0 Å². The van der Waals surface area contributed by atoms with Gasteiger partial charge in [-0.05, 0) is 5.56 Å². The number of rotatable bonds is 4. The normalized spacial score (nSPS) is 12.6. The number of hydrogen-bond acceptors (Lipinski definition) is 4. The van der Waals surface area contributed by atoms with Gasteiger partial charge in [0.05, 0.1) is 0 Å². The Balaban J connectivity index is 2.16. The predicted octanol–water partition coefficient (Wildman–Crippen LogP) is 1.61. The number of nitrogens with two attached hydrogens (primary N) is 1. The molecule has 0 bridgehead atoms. The molecule has 0 saturated carbocycles. The smallest absolute Gasteiger partial charge is 0.191 e. The van der Waals surface area contributed by atoms with Crippen molar-refractivity contribution in [1.29, 1.82) is 0 Å². The standard InChI is InChI=1S/C11H14N4S/c1-15-8-13-14-11(15)16-10(7-12)9-5-3-2-4-6-9/h2-6,8,10H,7,12H2,1H3. The van der Waals surface area contributed by atoms with Crippen LogP contribution in [0.4, 0.5) is 0 Å². The molecule has 0 amide bonds. The van der Waals surface area contributed by atoms with Gasteiger partial charge in [-0.3, -0.25) is 0 Å². The van der Waals surface area contributed by atoms with E-state index in [-0.39, 0.29) is 5.25 Å². The summed E-state index contributed by atoms with van der Waals surface area (Å²) in [5, 5.41) is 9.02. The summed E-state index contributed by atoms with van der Waals surface area (Å²) >= 11 is 1.64. The van der Waals surface area contributed by atoms with Crippen molar-refractivity contribution in [2.24, 2.45) is 12.8 Å². The highest BCUT2D eigenvalue weighted by Crippen LogP contribution is 2.32. The van der Waals surface area contributed by atoms with E-state index in [2.05, 4.69) is 22.3 Å². The van der Waals surface area contributed by atoms with Crippen LogP contribution < -0.4 is 5.73 Å². The molecule has 0 aliphatic heterocycles. The summed E-state index contributed by atoms with van der Waals surface area (Å²) in [7, 11) is 1.93. The fourth-order valence-corrected chi connectivity index (χ4v) is 2.38. The van der Waals surface area contributed by atoms with E-state index in [1.54, 1.807) is 18.1 Å². The molecule has 0 fully saturated rings. The van der Waals surface area contributed by atoms with Gasteiger partial charge in [0.2, 0.25) is 0 Å². The highest BCUT2D eigenvalue weighted by atomic mass is 32.2. The van der Waals surface area contributed by atoms with E-state index >= 15 is 0 Å². The predicted molar refractivity (Wildman–Crippen MR) is 65.1 cm³/mol. The number of aromatic nitrogens is 3.